The van der Waals surface area contributed by atoms with E-state index < -0.39 is 0 Å². The highest BCUT2D eigenvalue weighted by atomic mass is 15.0. The summed E-state index contributed by atoms with van der Waals surface area (Å²) in [5.41, 5.74) is 0.725. The second-order valence-corrected chi connectivity index (χ2v) is 5.49. The molecule has 0 aliphatic rings. The molecule has 18 heavy (non-hydrogen) atoms. The molecule has 3 heteroatoms. The Bertz CT molecular complexity index is 404. The van der Waals surface area contributed by atoms with Crippen molar-refractivity contribution in [1.82, 2.24) is 4.98 Å². The van der Waals surface area contributed by atoms with Crippen LogP contribution in [0.2, 0.25) is 0 Å². The maximum absolute atomic E-state index is 8.79. The van der Waals surface area contributed by atoms with Crippen LogP contribution in [-0.4, -0.2) is 11.5 Å². The van der Waals surface area contributed by atoms with Crippen LogP contribution < -0.4 is 5.32 Å². The van der Waals surface area contributed by atoms with Crippen molar-refractivity contribution in [3.8, 4) is 6.07 Å². The molecule has 0 aliphatic heterocycles. The lowest BCUT2D eigenvalue weighted by molar-refractivity contribution is 0.342. The number of unbranched alkanes of at least 4 members (excludes halogenated alkanes) is 2. The number of nitrogens with zero attached hydrogens (tertiary/aromatic N) is 2. The summed E-state index contributed by atoms with van der Waals surface area (Å²) >= 11 is 0. The van der Waals surface area contributed by atoms with E-state index in [0.717, 1.165) is 12.4 Å². The van der Waals surface area contributed by atoms with Crippen molar-refractivity contribution in [2.45, 2.75) is 46.5 Å². The lowest BCUT2D eigenvalue weighted by Crippen LogP contribution is -2.23. The maximum atomic E-state index is 8.79. The van der Waals surface area contributed by atoms with E-state index in [9.17, 15) is 0 Å². The summed E-state index contributed by atoms with van der Waals surface area (Å²) in [5, 5.41) is 12.1. The van der Waals surface area contributed by atoms with Crippen LogP contribution in [0, 0.1) is 16.7 Å². The van der Waals surface area contributed by atoms with Crippen LogP contribution in [-0.2, 0) is 0 Å². The SMILES string of the molecule is CCCCCC(C)(C)CNc1cccc(C#N)n1. The average Bonchev–Trinajstić information content (AvgIpc) is 2.37. The first-order chi connectivity index (χ1) is 8.57. The van der Waals surface area contributed by atoms with Crippen molar-refractivity contribution in [1.29, 1.82) is 5.26 Å². The first kappa shape index (κ1) is 14.5. The molecule has 3 nitrogen and oxygen atoms in total. The predicted octanol–water partition coefficient (Wildman–Crippen LogP) is 3.97. The smallest absolute Gasteiger partial charge is 0.142 e. The Morgan fingerprint density at radius 3 is 2.78 bits per heavy atom. The molecule has 0 radical (unpaired) electrons. The zero-order chi connectivity index (χ0) is 13.4. The van der Waals surface area contributed by atoms with E-state index in [1.54, 1.807) is 6.07 Å². The van der Waals surface area contributed by atoms with Crippen LogP contribution in [0.5, 0.6) is 0 Å². The van der Waals surface area contributed by atoms with E-state index in [-0.39, 0.29) is 5.41 Å². The number of hydrogen-bond acceptors (Lipinski definition) is 3. The topological polar surface area (TPSA) is 48.7 Å². The summed E-state index contributed by atoms with van der Waals surface area (Å²) in [6.45, 7) is 7.65. The van der Waals surface area contributed by atoms with Crippen molar-refractivity contribution in [2.75, 3.05) is 11.9 Å². The summed E-state index contributed by atoms with van der Waals surface area (Å²) in [6.07, 6.45) is 5.05. The molecule has 0 fully saturated rings. The Morgan fingerprint density at radius 2 is 2.11 bits per heavy atom. The monoisotopic (exact) mass is 245 g/mol. The van der Waals surface area contributed by atoms with Crippen LogP contribution in [0.25, 0.3) is 0 Å². The van der Waals surface area contributed by atoms with E-state index in [2.05, 4.69) is 37.1 Å². The van der Waals surface area contributed by atoms with Crippen molar-refractivity contribution < 1.29 is 0 Å². The second-order valence-electron chi connectivity index (χ2n) is 5.49. The van der Waals surface area contributed by atoms with Gasteiger partial charge in [-0.2, -0.15) is 5.26 Å². The molecular weight excluding hydrogens is 222 g/mol. The summed E-state index contributed by atoms with van der Waals surface area (Å²) in [4.78, 5) is 4.22. The van der Waals surface area contributed by atoms with E-state index >= 15 is 0 Å². The maximum Gasteiger partial charge on any atom is 0.142 e. The van der Waals surface area contributed by atoms with Gasteiger partial charge in [0.05, 0.1) is 0 Å². The minimum absolute atomic E-state index is 0.263. The Kier molecular flexibility index (Phi) is 5.64. The van der Waals surface area contributed by atoms with Crippen LogP contribution in [0.1, 0.15) is 52.1 Å². The van der Waals surface area contributed by atoms with Gasteiger partial charge in [-0.1, -0.05) is 46.1 Å². The molecule has 0 unspecified atom stereocenters. The average molecular weight is 245 g/mol. The summed E-state index contributed by atoms with van der Waals surface area (Å²) in [5.74, 6) is 0.789. The van der Waals surface area contributed by atoms with Crippen molar-refractivity contribution in [3.63, 3.8) is 0 Å². The second kappa shape index (κ2) is 7.00. The van der Waals surface area contributed by atoms with Gasteiger partial charge < -0.3 is 5.32 Å². The molecule has 0 saturated carbocycles. The third-order valence-electron chi connectivity index (χ3n) is 3.07. The zero-order valence-electron chi connectivity index (χ0n) is 11.7. The first-order valence-electron chi connectivity index (χ1n) is 6.68. The number of nitrogens with one attached hydrogen (secondary N) is 1. The van der Waals surface area contributed by atoms with Crippen LogP contribution in [0.15, 0.2) is 18.2 Å². The van der Waals surface area contributed by atoms with E-state index in [4.69, 9.17) is 5.26 Å². The van der Waals surface area contributed by atoms with Gasteiger partial charge >= 0.3 is 0 Å². The number of nitriles is 1. The molecule has 0 amide bonds. The van der Waals surface area contributed by atoms with Crippen molar-refractivity contribution in [3.05, 3.63) is 23.9 Å². The zero-order valence-corrected chi connectivity index (χ0v) is 11.7. The van der Waals surface area contributed by atoms with Crippen LogP contribution >= 0.6 is 0 Å². The van der Waals surface area contributed by atoms with Gasteiger partial charge in [0.15, 0.2) is 0 Å². The summed E-state index contributed by atoms with van der Waals surface area (Å²) < 4.78 is 0. The number of anilines is 1. The van der Waals surface area contributed by atoms with Gasteiger partial charge in [-0.3, -0.25) is 0 Å². The van der Waals surface area contributed by atoms with E-state index in [0.29, 0.717) is 5.69 Å². The Balaban J connectivity index is 2.45. The lowest BCUT2D eigenvalue weighted by Gasteiger charge is -2.25. The molecule has 1 heterocycles. The third-order valence-corrected chi connectivity index (χ3v) is 3.07. The van der Waals surface area contributed by atoms with Crippen LogP contribution in [0.4, 0.5) is 5.82 Å². The van der Waals surface area contributed by atoms with Gasteiger partial charge in [-0.15, -0.1) is 0 Å². The molecule has 0 bridgehead atoms. The third kappa shape index (κ3) is 5.18. The molecule has 0 aliphatic carbocycles. The minimum Gasteiger partial charge on any atom is -0.369 e. The molecule has 1 aromatic heterocycles. The molecule has 1 N–H and O–H groups in total. The normalized spacial score (nSPS) is 11.0. The Hall–Kier alpha value is -1.56. The fraction of sp³-hybridized carbons (Fsp3) is 0.600. The van der Waals surface area contributed by atoms with Gasteiger partial charge in [-0.25, -0.2) is 4.98 Å². The van der Waals surface area contributed by atoms with Gasteiger partial charge in [-0.05, 0) is 24.0 Å². The number of aromatic nitrogens is 1. The predicted molar refractivity (Wildman–Crippen MR) is 75.4 cm³/mol. The molecule has 98 valence electrons. The fourth-order valence-corrected chi connectivity index (χ4v) is 1.87. The van der Waals surface area contributed by atoms with Gasteiger partial charge in [0.1, 0.15) is 17.6 Å². The summed E-state index contributed by atoms with van der Waals surface area (Å²) in [6, 6.07) is 7.54. The lowest BCUT2D eigenvalue weighted by atomic mass is 9.87. The minimum atomic E-state index is 0.263. The van der Waals surface area contributed by atoms with Gasteiger partial charge in [0.25, 0.3) is 0 Å². The molecule has 0 spiro atoms. The molecule has 0 atom stereocenters. The molecular formula is C15H23N3. The van der Waals surface area contributed by atoms with Gasteiger partial charge in [0.2, 0.25) is 0 Å². The Labute approximate surface area is 110 Å². The van der Waals surface area contributed by atoms with Crippen molar-refractivity contribution in [2.24, 2.45) is 5.41 Å². The standard InChI is InChI=1S/C15H23N3/c1-4-5-6-10-15(2,3)12-17-14-9-7-8-13(11-16)18-14/h7-9H,4-6,10,12H2,1-3H3,(H,17,18). The number of hydrogen-bond donors (Lipinski definition) is 1. The Morgan fingerprint density at radius 1 is 1.33 bits per heavy atom. The van der Waals surface area contributed by atoms with E-state index in [1.807, 2.05) is 12.1 Å². The highest BCUT2D eigenvalue weighted by Crippen LogP contribution is 2.24. The highest BCUT2D eigenvalue weighted by molar-refractivity contribution is 5.38. The quantitative estimate of drug-likeness (QED) is 0.739. The number of pyridine rings is 1. The number of rotatable bonds is 7. The van der Waals surface area contributed by atoms with E-state index in [1.165, 1.54) is 25.7 Å². The molecule has 0 aromatic carbocycles. The fourth-order valence-electron chi connectivity index (χ4n) is 1.87. The van der Waals surface area contributed by atoms with Crippen LogP contribution in [0.3, 0.4) is 0 Å². The highest BCUT2D eigenvalue weighted by Gasteiger charge is 2.17. The molecule has 1 rings (SSSR count). The van der Waals surface area contributed by atoms with Crippen molar-refractivity contribution >= 4 is 5.82 Å². The van der Waals surface area contributed by atoms with Gasteiger partial charge in [0, 0.05) is 6.54 Å². The largest absolute Gasteiger partial charge is 0.369 e. The summed E-state index contributed by atoms with van der Waals surface area (Å²) in [7, 11) is 0. The molecule has 0 saturated heterocycles. The molecule has 1 aromatic rings. The first-order valence-corrected chi connectivity index (χ1v) is 6.68.